The second kappa shape index (κ2) is 7.23. The number of carboxylic acids is 1. The minimum atomic E-state index is -3.50. The Morgan fingerprint density at radius 3 is 2.42 bits per heavy atom. The molecule has 0 saturated carbocycles. The Bertz CT molecular complexity index is 859. The van der Waals surface area contributed by atoms with E-state index in [9.17, 15) is 18.3 Å². The SMILES string of the molecule is Cc1ccc(S(=O)(=O)CCOc2cc(C(=O)O)c(O)cc2Br)cc1. The van der Waals surface area contributed by atoms with Crippen molar-refractivity contribution in [2.45, 2.75) is 11.8 Å². The van der Waals surface area contributed by atoms with Crippen molar-refractivity contribution < 1.29 is 28.2 Å². The number of sulfone groups is 1. The molecule has 0 unspecified atom stereocenters. The summed E-state index contributed by atoms with van der Waals surface area (Å²) in [6.45, 7) is 1.71. The molecular formula is C16H15BrO6S. The molecule has 0 aliphatic carbocycles. The first-order valence-corrected chi connectivity index (χ1v) is 9.33. The number of rotatable bonds is 6. The number of carbonyl (C=O) groups is 1. The highest BCUT2D eigenvalue weighted by atomic mass is 79.9. The van der Waals surface area contributed by atoms with Gasteiger partial charge in [0.25, 0.3) is 0 Å². The maximum atomic E-state index is 12.2. The van der Waals surface area contributed by atoms with Crippen molar-refractivity contribution in [3.63, 3.8) is 0 Å². The first kappa shape index (κ1) is 18.3. The molecule has 2 N–H and O–H groups in total. The minimum absolute atomic E-state index is 0.143. The molecule has 24 heavy (non-hydrogen) atoms. The number of aromatic carboxylic acids is 1. The van der Waals surface area contributed by atoms with Crippen molar-refractivity contribution in [3.8, 4) is 11.5 Å². The molecule has 0 heterocycles. The summed E-state index contributed by atoms with van der Waals surface area (Å²) in [7, 11) is -3.50. The Morgan fingerprint density at radius 1 is 1.21 bits per heavy atom. The van der Waals surface area contributed by atoms with Crippen LogP contribution in [0.15, 0.2) is 45.8 Å². The number of aromatic hydroxyl groups is 1. The molecule has 6 nitrogen and oxygen atoms in total. The summed E-state index contributed by atoms with van der Waals surface area (Å²) in [5.41, 5.74) is 0.633. The van der Waals surface area contributed by atoms with Crippen LogP contribution in [-0.4, -0.2) is 37.0 Å². The summed E-state index contributed by atoms with van der Waals surface area (Å²) in [5.74, 6) is -1.83. The van der Waals surface area contributed by atoms with E-state index >= 15 is 0 Å². The monoisotopic (exact) mass is 414 g/mol. The van der Waals surface area contributed by atoms with Gasteiger partial charge in [-0.2, -0.15) is 0 Å². The van der Waals surface area contributed by atoms with Crippen LogP contribution in [0.4, 0.5) is 0 Å². The van der Waals surface area contributed by atoms with Gasteiger partial charge in [0.05, 0.1) is 15.1 Å². The predicted octanol–water partition coefficient (Wildman–Crippen LogP) is 3.01. The average Bonchev–Trinajstić information content (AvgIpc) is 2.49. The van der Waals surface area contributed by atoms with Crippen LogP contribution in [0.25, 0.3) is 0 Å². The van der Waals surface area contributed by atoms with Crippen molar-refractivity contribution in [3.05, 3.63) is 52.0 Å². The third-order valence-corrected chi connectivity index (χ3v) is 5.58. The quantitative estimate of drug-likeness (QED) is 0.753. The van der Waals surface area contributed by atoms with Crippen molar-refractivity contribution >= 4 is 31.7 Å². The maximum Gasteiger partial charge on any atom is 0.339 e. The number of hydrogen-bond acceptors (Lipinski definition) is 5. The number of ether oxygens (including phenoxy) is 1. The Hall–Kier alpha value is -2.06. The Kier molecular flexibility index (Phi) is 5.51. The number of carboxylic acid groups (broad SMARTS) is 1. The van der Waals surface area contributed by atoms with E-state index in [4.69, 9.17) is 9.84 Å². The van der Waals surface area contributed by atoms with E-state index in [0.717, 1.165) is 11.6 Å². The second-order valence-electron chi connectivity index (χ2n) is 5.09. The largest absolute Gasteiger partial charge is 0.507 e. The highest BCUT2D eigenvalue weighted by Crippen LogP contribution is 2.32. The normalized spacial score (nSPS) is 11.2. The molecule has 2 aromatic carbocycles. The lowest BCUT2D eigenvalue weighted by atomic mass is 10.2. The lowest BCUT2D eigenvalue weighted by molar-refractivity contribution is 0.0693. The highest BCUT2D eigenvalue weighted by molar-refractivity contribution is 9.10. The van der Waals surface area contributed by atoms with Gasteiger partial charge in [-0.15, -0.1) is 0 Å². The standard InChI is InChI=1S/C16H15BrO6S/c1-10-2-4-11(5-3-10)24(21,22)7-6-23-15-8-12(16(19)20)14(18)9-13(15)17/h2-5,8-9,18H,6-7H2,1H3,(H,19,20). The van der Waals surface area contributed by atoms with Gasteiger partial charge in [0.15, 0.2) is 9.84 Å². The van der Waals surface area contributed by atoms with E-state index in [1.165, 1.54) is 18.2 Å². The van der Waals surface area contributed by atoms with Crippen LogP contribution >= 0.6 is 15.9 Å². The van der Waals surface area contributed by atoms with E-state index in [2.05, 4.69) is 15.9 Å². The molecule has 0 spiro atoms. The van der Waals surface area contributed by atoms with Crippen LogP contribution < -0.4 is 4.74 Å². The zero-order valence-corrected chi connectivity index (χ0v) is 15.1. The zero-order chi connectivity index (χ0) is 17.9. The molecule has 0 atom stereocenters. The van der Waals surface area contributed by atoms with Gasteiger partial charge in [-0.1, -0.05) is 17.7 Å². The molecule has 0 bridgehead atoms. The van der Waals surface area contributed by atoms with Gasteiger partial charge in [0.2, 0.25) is 0 Å². The molecular weight excluding hydrogens is 400 g/mol. The van der Waals surface area contributed by atoms with Crippen LogP contribution in [0.3, 0.4) is 0 Å². The van der Waals surface area contributed by atoms with Gasteiger partial charge < -0.3 is 14.9 Å². The molecule has 8 heteroatoms. The van der Waals surface area contributed by atoms with Crippen molar-refractivity contribution in [2.75, 3.05) is 12.4 Å². The van der Waals surface area contributed by atoms with Gasteiger partial charge in [0, 0.05) is 0 Å². The number of aryl methyl sites for hydroxylation is 1. The fourth-order valence-electron chi connectivity index (χ4n) is 1.95. The van der Waals surface area contributed by atoms with Crippen LogP contribution in [0, 0.1) is 6.92 Å². The van der Waals surface area contributed by atoms with Crippen molar-refractivity contribution in [2.24, 2.45) is 0 Å². The number of benzene rings is 2. The molecule has 0 aliphatic heterocycles. The molecule has 2 aromatic rings. The summed E-state index contributed by atoms with van der Waals surface area (Å²) in [6, 6.07) is 8.81. The van der Waals surface area contributed by atoms with Crippen LogP contribution in [0.1, 0.15) is 15.9 Å². The summed E-state index contributed by atoms with van der Waals surface area (Å²) in [5, 5.41) is 18.5. The summed E-state index contributed by atoms with van der Waals surface area (Å²) in [6.07, 6.45) is 0. The third kappa shape index (κ3) is 4.27. The molecule has 0 radical (unpaired) electrons. The predicted molar refractivity (Wildman–Crippen MR) is 91.5 cm³/mol. The molecule has 0 fully saturated rings. The fourth-order valence-corrected chi connectivity index (χ4v) is 3.48. The van der Waals surface area contributed by atoms with Gasteiger partial charge in [-0.3, -0.25) is 0 Å². The highest BCUT2D eigenvalue weighted by Gasteiger charge is 2.17. The van der Waals surface area contributed by atoms with E-state index < -0.39 is 21.6 Å². The van der Waals surface area contributed by atoms with Gasteiger partial charge >= 0.3 is 5.97 Å². The van der Waals surface area contributed by atoms with Crippen LogP contribution in [0.2, 0.25) is 0 Å². The Balaban J connectivity index is 2.10. The van der Waals surface area contributed by atoms with Crippen molar-refractivity contribution in [1.29, 1.82) is 0 Å². The van der Waals surface area contributed by atoms with Crippen LogP contribution in [-0.2, 0) is 9.84 Å². The van der Waals surface area contributed by atoms with E-state index in [0.29, 0.717) is 4.47 Å². The van der Waals surface area contributed by atoms with Gasteiger partial charge in [-0.05, 0) is 47.1 Å². The van der Waals surface area contributed by atoms with Gasteiger partial charge in [0.1, 0.15) is 23.7 Å². The smallest absolute Gasteiger partial charge is 0.339 e. The topological polar surface area (TPSA) is 101 Å². The van der Waals surface area contributed by atoms with Crippen molar-refractivity contribution in [1.82, 2.24) is 0 Å². The first-order valence-electron chi connectivity index (χ1n) is 6.89. The lowest BCUT2D eigenvalue weighted by Crippen LogP contribution is -2.14. The van der Waals surface area contributed by atoms with Gasteiger partial charge in [-0.25, -0.2) is 13.2 Å². The molecule has 0 aromatic heterocycles. The zero-order valence-electron chi connectivity index (χ0n) is 12.7. The van der Waals surface area contributed by atoms with E-state index in [1.54, 1.807) is 12.1 Å². The second-order valence-corrected chi connectivity index (χ2v) is 8.05. The summed E-state index contributed by atoms with van der Waals surface area (Å²) >= 11 is 3.14. The third-order valence-electron chi connectivity index (χ3n) is 3.27. The van der Waals surface area contributed by atoms with E-state index in [1.807, 2.05) is 6.92 Å². The minimum Gasteiger partial charge on any atom is -0.507 e. The van der Waals surface area contributed by atoms with Crippen LogP contribution in [0.5, 0.6) is 11.5 Å². The molecule has 0 saturated heterocycles. The Morgan fingerprint density at radius 2 is 1.83 bits per heavy atom. The molecule has 0 amide bonds. The molecule has 2 rings (SSSR count). The maximum absolute atomic E-state index is 12.2. The fraction of sp³-hybridized carbons (Fsp3) is 0.188. The average molecular weight is 415 g/mol. The molecule has 128 valence electrons. The number of halogens is 1. The summed E-state index contributed by atoms with van der Waals surface area (Å²) < 4.78 is 30.1. The molecule has 0 aliphatic rings. The Labute approximate surface area is 147 Å². The lowest BCUT2D eigenvalue weighted by Gasteiger charge is -2.11. The summed E-state index contributed by atoms with van der Waals surface area (Å²) in [4.78, 5) is 11.2. The van der Waals surface area contributed by atoms with E-state index in [-0.39, 0.29) is 28.6 Å². The first-order chi connectivity index (χ1) is 11.2. The number of phenols is 1. The number of hydrogen-bond donors (Lipinski definition) is 2.